The van der Waals surface area contributed by atoms with Crippen LogP contribution in [-0.4, -0.2) is 26.6 Å². The van der Waals surface area contributed by atoms with Crippen molar-refractivity contribution in [1.29, 1.82) is 0 Å². The van der Waals surface area contributed by atoms with E-state index in [-0.39, 0.29) is 20.6 Å². The summed E-state index contributed by atoms with van der Waals surface area (Å²) in [7, 11) is -4.10. The minimum absolute atomic E-state index is 0.0161. The first-order valence-corrected chi connectivity index (χ1v) is 12.6. The zero-order chi connectivity index (χ0) is 23.3. The molecule has 0 spiro atoms. The molecule has 0 fully saturated rings. The van der Waals surface area contributed by atoms with Crippen molar-refractivity contribution in [3.63, 3.8) is 0 Å². The molecule has 3 aromatic carbocycles. The van der Waals surface area contributed by atoms with Gasteiger partial charge in [-0.15, -0.1) is 0 Å². The van der Waals surface area contributed by atoms with Crippen LogP contribution in [-0.2, 0) is 14.8 Å². The predicted molar refractivity (Wildman–Crippen MR) is 137 cm³/mol. The van der Waals surface area contributed by atoms with Crippen LogP contribution in [0.2, 0.25) is 10.0 Å². The van der Waals surface area contributed by atoms with Gasteiger partial charge in [-0.3, -0.25) is 9.10 Å². The number of nitrogens with zero attached hydrogens (tertiary/aromatic N) is 2. The minimum atomic E-state index is -4.10. The van der Waals surface area contributed by atoms with Crippen molar-refractivity contribution in [3.8, 4) is 0 Å². The van der Waals surface area contributed by atoms with Crippen LogP contribution in [0.5, 0.6) is 0 Å². The molecule has 32 heavy (non-hydrogen) atoms. The Morgan fingerprint density at radius 2 is 1.72 bits per heavy atom. The zero-order valence-corrected chi connectivity index (χ0v) is 21.3. The first kappa shape index (κ1) is 24.5. The van der Waals surface area contributed by atoms with Gasteiger partial charge in [0.25, 0.3) is 15.9 Å². The lowest BCUT2D eigenvalue weighted by molar-refractivity contribution is -0.119. The van der Waals surface area contributed by atoms with Gasteiger partial charge in [-0.2, -0.15) is 5.10 Å². The number of sulfonamides is 1. The van der Waals surface area contributed by atoms with Gasteiger partial charge in [0.2, 0.25) is 0 Å². The summed E-state index contributed by atoms with van der Waals surface area (Å²) in [6.45, 7) is 1.21. The summed E-state index contributed by atoms with van der Waals surface area (Å²) in [5.74, 6) is -0.634. The average Bonchev–Trinajstić information content (AvgIpc) is 2.78. The Morgan fingerprint density at radius 3 is 2.41 bits per heavy atom. The van der Waals surface area contributed by atoms with Gasteiger partial charge < -0.3 is 0 Å². The molecule has 3 aromatic rings. The molecule has 0 saturated carbocycles. The number of anilines is 1. The van der Waals surface area contributed by atoms with Crippen LogP contribution in [0.4, 0.5) is 5.69 Å². The van der Waals surface area contributed by atoms with Gasteiger partial charge in [-0.25, -0.2) is 13.8 Å². The molecule has 0 aromatic heterocycles. The summed E-state index contributed by atoms with van der Waals surface area (Å²) in [6.07, 6.45) is 0. The second-order valence-electron chi connectivity index (χ2n) is 6.64. The molecule has 10 heteroatoms. The topological polar surface area (TPSA) is 78.8 Å². The molecule has 0 atom stereocenters. The number of hydrogen-bond acceptors (Lipinski definition) is 4. The van der Waals surface area contributed by atoms with Crippen molar-refractivity contribution in [1.82, 2.24) is 5.43 Å². The second-order valence-corrected chi connectivity index (χ2v) is 10.5. The quantitative estimate of drug-likeness (QED) is 0.226. The normalized spacial score (nSPS) is 11.8. The molecule has 1 amide bonds. The van der Waals surface area contributed by atoms with Crippen LogP contribution >= 0.6 is 45.8 Å². The van der Waals surface area contributed by atoms with Gasteiger partial charge in [-0.1, -0.05) is 59.6 Å². The fraction of sp³-hybridized carbons (Fsp3) is 0.0909. The molecule has 3 rings (SSSR count). The van der Waals surface area contributed by atoms with E-state index in [2.05, 4.69) is 33.1 Å². The monoisotopic (exact) mass is 601 g/mol. The van der Waals surface area contributed by atoms with Gasteiger partial charge in [0.1, 0.15) is 6.54 Å². The highest BCUT2D eigenvalue weighted by atomic mass is 127. The summed E-state index contributed by atoms with van der Waals surface area (Å²) in [5, 5.41) is 4.31. The Kier molecular flexibility index (Phi) is 8.16. The Hall–Kier alpha value is -2.14. The highest BCUT2D eigenvalue weighted by Gasteiger charge is 2.29. The first-order chi connectivity index (χ1) is 15.2. The second kappa shape index (κ2) is 10.7. The van der Waals surface area contributed by atoms with Crippen molar-refractivity contribution in [2.75, 3.05) is 10.8 Å². The molecule has 0 saturated heterocycles. The molecule has 6 nitrogen and oxygen atoms in total. The number of hydrogen-bond donors (Lipinski definition) is 1. The number of hydrazone groups is 1. The van der Waals surface area contributed by atoms with E-state index in [1.165, 1.54) is 24.3 Å². The molecule has 0 bridgehead atoms. The van der Waals surface area contributed by atoms with E-state index in [1.807, 2.05) is 24.3 Å². The van der Waals surface area contributed by atoms with Crippen LogP contribution < -0.4 is 9.73 Å². The van der Waals surface area contributed by atoms with Crippen molar-refractivity contribution < 1.29 is 13.2 Å². The maximum atomic E-state index is 13.3. The summed E-state index contributed by atoms with van der Waals surface area (Å²) in [5.41, 5.74) is 3.93. The average molecular weight is 602 g/mol. The van der Waals surface area contributed by atoms with E-state index in [9.17, 15) is 13.2 Å². The lowest BCUT2D eigenvalue weighted by Gasteiger charge is -2.25. The highest BCUT2D eigenvalue weighted by Crippen LogP contribution is 2.35. The number of carbonyl (C=O) groups excluding carboxylic acids is 1. The lowest BCUT2D eigenvalue weighted by Crippen LogP contribution is -2.40. The molecule has 1 N–H and O–H groups in total. The Balaban J connectivity index is 1.91. The molecule has 0 aliphatic carbocycles. The number of benzene rings is 3. The standard InChI is InChI=1S/C22H18Cl2IN3O3S/c1-15(16-7-5-8-17(25)13-16)26-27-21(29)14-28(20-12-6-11-19(23)22(20)24)32(30,31)18-9-3-2-4-10-18/h2-13H,14H2,1H3,(H,27,29)/b26-15+. The molecule has 166 valence electrons. The molecule has 0 unspecified atom stereocenters. The smallest absolute Gasteiger partial charge is 0.264 e. The first-order valence-electron chi connectivity index (χ1n) is 9.31. The van der Waals surface area contributed by atoms with E-state index >= 15 is 0 Å². The number of halogens is 3. The fourth-order valence-corrected chi connectivity index (χ4v) is 5.24. The summed E-state index contributed by atoms with van der Waals surface area (Å²) < 4.78 is 28.6. The molecule has 0 heterocycles. The molecule has 0 aliphatic heterocycles. The van der Waals surface area contributed by atoms with Crippen LogP contribution in [0, 0.1) is 3.57 Å². The summed E-state index contributed by atoms with van der Waals surface area (Å²) in [4.78, 5) is 12.7. The van der Waals surface area contributed by atoms with Gasteiger partial charge in [0.05, 0.1) is 26.3 Å². The fourth-order valence-electron chi connectivity index (χ4n) is 2.79. The Bertz CT molecular complexity index is 1270. The molecular formula is C22H18Cl2IN3O3S. The van der Waals surface area contributed by atoms with Crippen LogP contribution in [0.3, 0.4) is 0 Å². The predicted octanol–water partition coefficient (Wildman–Crippen LogP) is 5.33. The number of carbonyl (C=O) groups is 1. The van der Waals surface area contributed by atoms with Crippen LogP contribution in [0.1, 0.15) is 12.5 Å². The summed E-state index contributed by atoms with van der Waals surface area (Å²) >= 11 is 14.6. The van der Waals surface area contributed by atoms with Crippen molar-refractivity contribution in [3.05, 3.63) is 92.0 Å². The molecular weight excluding hydrogens is 584 g/mol. The molecule has 0 aliphatic rings. The van der Waals surface area contributed by atoms with Crippen molar-refractivity contribution in [2.45, 2.75) is 11.8 Å². The van der Waals surface area contributed by atoms with E-state index in [1.54, 1.807) is 31.2 Å². The Labute approximate surface area is 210 Å². The SMILES string of the molecule is C/C(=N\NC(=O)CN(c1cccc(Cl)c1Cl)S(=O)(=O)c1ccccc1)c1cccc(I)c1. The maximum Gasteiger partial charge on any atom is 0.264 e. The lowest BCUT2D eigenvalue weighted by atomic mass is 10.1. The number of amides is 1. The third-order valence-electron chi connectivity index (χ3n) is 4.41. The van der Waals surface area contributed by atoms with Crippen LogP contribution in [0.15, 0.2) is 82.8 Å². The van der Waals surface area contributed by atoms with Gasteiger partial charge in [0.15, 0.2) is 0 Å². The highest BCUT2D eigenvalue weighted by molar-refractivity contribution is 14.1. The van der Waals surface area contributed by atoms with E-state index < -0.39 is 22.5 Å². The van der Waals surface area contributed by atoms with Crippen molar-refractivity contribution >= 4 is 73.1 Å². The van der Waals surface area contributed by atoms with Gasteiger partial charge >= 0.3 is 0 Å². The van der Waals surface area contributed by atoms with Gasteiger partial charge in [-0.05, 0) is 71.5 Å². The van der Waals surface area contributed by atoms with E-state index in [4.69, 9.17) is 23.2 Å². The van der Waals surface area contributed by atoms with E-state index in [0.717, 1.165) is 13.4 Å². The Morgan fingerprint density at radius 1 is 1.03 bits per heavy atom. The minimum Gasteiger partial charge on any atom is -0.271 e. The third kappa shape index (κ3) is 5.80. The number of rotatable bonds is 7. The van der Waals surface area contributed by atoms with Gasteiger partial charge in [0, 0.05) is 3.57 Å². The number of nitrogens with one attached hydrogen (secondary N) is 1. The van der Waals surface area contributed by atoms with Crippen molar-refractivity contribution in [2.24, 2.45) is 5.10 Å². The van der Waals surface area contributed by atoms with Crippen LogP contribution in [0.25, 0.3) is 0 Å². The molecule has 0 radical (unpaired) electrons. The van der Waals surface area contributed by atoms with E-state index in [0.29, 0.717) is 5.71 Å². The summed E-state index contributed by atoms with van der Waals surface area (Å²) in [6, 6.07) is 20.0. The maximum absolute atomic E-state index is 13.3. The largest absolute Gasteiger partial charge is 0.271 e. The third-order valence-corrected chi connectivity index (χ3v) is 7.66. The zero-order valence-electron chi connectivity index (χ0n) is 16.8.